The van der Waals surface area contributed by atoms with E-state index < -0.39 is 0 Å². The summed E-state index contributed by atoms with van der Waals surface area (Å²) in [6.07, 6.45) is 0. The maximum absolute atomic E-state index is 5.63. The lowest BCUT2D eigenvalue weighted by Gasteiger charge is -2.09. The fourth-order valence-electron chi connectivity index (χ4n) is 0.745. The minimum atomic E-state index is 0.579. The Morgan fingerprint density at radius 1 is 1.64 bits per heavy atom. The van der Waals surface area contributed by atoms with Crippen LogP contribution in [0.25, 0.3) is 0 Å². The third kappa shape index (κ3) is 3.11. The van der Waals surface area contributed by atoms with Crippen LogP contribution in [0.3, 0.4) is 0 Å². The summed E-state index contributed by atoms with van der Waals surface area (Å²) in [6.45, 7) is 0.930. The van der Waals surface area contributed by atoms with Gasteiger partial charge < -0.3 is 0 Å². The zero-order chi connectivity index (χ0) is 8.27. The zero-order valence-electron chi connectivity index (χ0n) is 6.18. The molecule has 0 aliphatic carbocycles. The molecule has 0 atom stereocenters. The van der Waals surface area contributed by atoms with Gasteiger partial charge in [0.1, 0.15) is 0 Å². The van der Waals surface area contributed by atoms with E-state index in [1.807, 2.05) is 7.05 Å². The molecule has 62 valence electrons. The first-order valence-corrected chi connectivity index (χ1v) is 5.35. The highest BCUT2D eigenvalue weighted by atomic mass is 79.9. The molecule has 0 unspecified atom stereocenters. The molecule has 4 heteroatoms. The van der Waals surface area contributed by atoms with Gasteiger partial charge in [0, 0.05) is 11.4 Å². The van der Waals surface area contributed by atoms with Crippen molar-refractivity contribution in [3.05, 3.63) is 20.8 Å². The van der Waals surface area contributed by atoms with E-state index >= 15 is 0 Å². The van der Waals surface area contributed by atoms with Gasteiger partial charge in [0.2, 0.25) is 0 Å². The van der Waals surface area contributed by atoms with E-state index in [0.29, 0.717) is 6.00 Å². The Labute approximate surface area is 84.1 Å². The third-order valence-corrected chi connectivity index (χ3v) is 3.28. The quantitative estimate of drug-likeness (QED) is 0.592. The van der Waals surface area contributed by atoms with Crippen LogP contribution in [0, 0.1) is 0 Å². The molecule has 0 saturated carbocycles. The average molecular weight is 255 g/mol. The molecule has 0 aromatic carbocycles. The lowest BCUT2D eigenvalue weighted by atomic mass is 10.4. The van der Waals surface area contributed by atoms with Crippen molar-refractivity contribution < 1.29 is 0 Å². The van der Waals surface area contributed by atoms with Crippen LogP contribution in [-0.2, 0) is 6.54 Å². The molecule has 11 heavy (non-hydrogen) atoms. The van der Waals surface area contributed by atoms with Gasteiger partial charge in [-0.1, -0.05) is 0 Å². The summed E-state index contributed by atoms with van der Waals surface area (Å²) < 4.78 is 1.18. The van der Waals surface area contributed by atoms with Gasteiger partial charge in [0.05, 0.1) is 9.79 Å². The normalized spacial score (nSPS) is 10.9. The molecule has 1 heterocycles. The maximum atomic E-state index is 5.63. The molecule has 0 spiro atoms. The first-order chi connectivity index (χ1) is 5.22. The topological polar surface area (TPSA) is 3.24 Å². The van der Waals surface area contributed by atoms with Crippen molar-refractivity contribution >= 4 is 38.9 Å². The fraction of sp³-hybridized carbons (Fsp3) is 0.429. The molecule has 0 bridgehead atoms. The Bertz CT molecular complexity index is 226. The van der Waals surface area contributed by atoms with Crippen molar-refractivity contribution in [3.63, 3.8) is 0 Å². The molecular formula is C7H9BrClNS. The highest BCUT2D eigenvalue weighted by molar-refractivity contribution is 9.11. The van der Waals surface area contributed by atoms with Gasteiger partial charge in [-0.05, 0) is 35.1 Å². The highest BCUT2D eigenvalue weighted by Crippen LogP contribution is 2.22. The number of alkyl halides is 1. The largest absolute Gasteiger partial charge is 0.288 e. The van der Waals surface area contributed by atoms with Crippen LogP contribution in [-0.4, -0.2) is 18.0 Å². The van der Waals surface area contributed by atoms with Gasteiger partial charge in [-0.25, -0.2) is 0 Å². The molecule has 0 radical (unpaired) electrons. The number of hydrogen-bond acceptors (Lipinski definition) is 2. The third-order valence-electron chi connectivity index (χ3n) is 1.26. The summed E-state index contributed by atoms with van der Waals surface area (Å²) in [5.74, 6) is 0. The van der Waals surface area contributed by atoms with Crippen molar-refractivity contribution in [2.75, 3.05) is 13.1 Å². The van der Waals surface area contributed by atoms with Crippen molar-refractivity contribution in [1.82, 2.24) is 4.90 Å². The predicted octanol–water partition coefficient (Wildman–Crippen LogP) is 3.14. The number of rotatable bonds is 3. The smallest absolute Gasteiger partial charge is 0.0739 e. The van der Waals surface area contributed by atoms with Gasteiger partial charge >= 0.3 is 0 Å². The molecule has 0 aliphatic heterocycles. The van der Waals surface area contributed by atoms with Gasteiger partial charge in [-0.3, -0.25) is 4.90 Å². The SMILES string of the molecule is CN(CCl)Cc1ccc(Br)s1. The lowest BCUT2D eigenvalue weighted by Crippen LogP contribution is -2.14. The van der Waals surface area contributed by atoms with Gasteiger partial charge in [0.15, 0.2) is 0 Å². The number of hydrogen-bond donors (Lipinski definition) is 0. The lowest BCUT2D eigenvalue weighted by molar-refractivity contribution is 0.386. The monoisotopic (exact) mass is 253 g/mol. The van der Waals surface area contributed by atoms with E-state index in [1.54, 1.807) is 11.3 Å². The first-order valence-electron chi connectivity index (χ1n) is 3.21. The van der Waals surface area contributed by atoms with Gasteiger partial charge in [-0.15, -0.1) is 22.9 Å². The van der Waals surface area contributed by atoms with Crippen LogP contribution < -0.4 is 0 Å². The summed E-state index contributed by atoms with van der Waals surface area (Å²) in [6, 6.07) is 4.75. The van der Waals surface area contributed by atoms with Crippen LogP contribution in [0.1, 0.15) is 4.88 Å². The van der Waals surface area contributed by atoms with E-state index in [1.165, 1.54) is 8.66 Å². The fourth-order valence-corrected chi connectivity index (χ4v) is 2.39. The van der Waals surface area contributed by atoms with Crippen molar-refractivity contribution in [3.8, 4) is 0 Å². The molecule has 0 fully saturated rings. The summed E-state index contributed by atoms with van der Waals surface area (Å²) in [7, 11) is 2.00. The minimum Gasteiger partial charge on any atom is -0.288 e. The predicted molar refractivity (Wildman–Crippen MR) is 54.2 cm³/mol. The van der Waals surface area contributed by atoms with Crippen LogP contribution in [0.4, 0.5) is 0 Å². The first kappa shape index (κ1) is 9.52. The Balaban J connectivity index is 2.50. The van der Waals surface area contributed by atoms with Crippen LogP contribution >= 0.6 is 38.9 Å². The second-order valence-electron chi connectivity index (χ2n) is 2.34. The van der Waals surface area contributed by atoms with Gasteiger partial charge in [0.25, 0.3) is 0 Å². The highest BCUT2D eigenvalue weighted by Gasteiger charge is 2.00. The van der Waals surface area contributed by atoms with Gasteiger partial charge in [-0.2, -0.15) is 0 Å². The molecule has 0 aliphatic rings. The molecule has 1 aromatic heterocycles. The van der Waals surface area contributed by atoms with Crippen LogP contribution in [0.15, 0.2) is 15.9 Å². The van der Waals surface area contributed by atoms with E-state index in [2.05, 4.69) is 33.0 Å². The zero-order valence-corrected chi connectivity index (χ0v) is 9.34. The summed E-state index contributed by atoms with van der Waals surface area (Å²) in [5.41, 5.74) is 0. The Hall–Kier alpha value is 0.430. The number of thiophene rings is 1. The van der Waals surface area contributed by atoms with Crippen molar-refractivity contribution in [2.24, 2.45) is 0 Å². The van der Waals surface area contributed by atoms with E-state index in [9.17, 15) is 0 Å². The number of nitrogens with zero attached hydrogens (tertiary/aromatic N) is 1. The average Bonchev–Trinajstić information content (AvgIpc) is 2.35. The second-order valence-corrected chi connectivity index (χ2v) is 5.13. The summed E-state index contributed by atoms with van der Waals surface area (Å²) in [5, 5.41) is 0. The molecule has 0 saturated heterocycles. The molecule has 0 amide bonds. The van der Waals surface area contributed by atoms with Crippen LogP contribution in [0.2, 0.25) is 0 Å². The van der Waals surface area contributed by atoms with Crippen molar-refractivity contribution in [1.29, 1.82) is 0 Å². The molecular weight excluding hydrogens is 246 g/mol. The standard InChI is InChI=1S/C7H9BrClNS/c1-10(5-9)4-6-2-3-7(8)11-6/h2-3H,4-5H2,1H3. The van der Waals surface area contributed by atoms with Crippen LogP contribution in [0.5, 0.6) is 0 Å². The van der Waals surface area contributed by atoms with E-state index in [-0.39, 0.29) is 0 Å². The molecule has 1 nitrogen and oxygen atoms in total. The minimum absolute atomic E-state index is 0.579. The second kappa shape index (κ2) is 4.45. The number of halogens is 2. The molecule has 1 rings (SSSR count). The maximum Gasteiger partial charge on any atom is 0.0739 e. The van der Waals surface area contributed by atoms with Crippen molar-refractivity contribution in [2.45, 2.75) is 6.54 Å². The summed E-state index contributed by atoms with van der Waals surface area (Å²) in [4.78, 5) is 3.39. The molecule has 0 N–H and O–H groups in total. The Morgan fingerprint density at radius 3 is 2.82 bits per heavy atom. The van der Waals surface area contributed by atoms with E-state index in [0.717, 1.165) is 6.54 Å². The Kier molecular flexibility index (Phi) is 3.85. The summed E-state index contributed by atoms with van der Waals surface area (Å²) >= 11 is 10.8. The van der Waals surface area contributed by atoms with E-state index in [4.69, 9.17) is 11.6 Å². The molecule has 1 aromatic rings. The Morgan fingerprint density at radius 2 is 2.36 bits per heavy atom.